The molecule has 0 unspecified atom stereocenters. The van der Waals surface area contributed by atoms with Crippen LogP contribution >= 0.6 is 0 Å². The summed E-state index contributed by atoms with van der Waals surface area (Å²) in [6, 6.07) is 42.4. The van der Waals surface area contributed by atoms with Crippen molar-refractivity contribution in [1.82, 2.24) is 0 Å². The largest absolute Gasteiger partial charge is 0.494 e. The maximum absolute atomic E-state index is 6.43. The Balaban J connectivity index is 0.000000238. The molecular formula is C126H172O24. The molecule has 0 radical (unpaired) electrons. The van der Waals surface area contributed by atoms with Crippen molar-refractivity contribution in [2.24, 2.45) is 0 Å². The summed E-state index contributed by atoms with van der Waals surface area (Å²) in [5.41, 5.74) is 19.6. The van der Waals surface area contributed by atoms with Crippen molar-refractivity contribution in [2.75, 3.05) is 185 Å². The SMILES string of the molecule is C1CCOC1.C1CCOC1.C1CCOC1.C1CCOC1.CCOc1cc2c(OCC)cc1Cc1cc(OCC)c(cc1OCC)Cc1cc(OCC)c(cc1OCC)Cc1cc(OCC)c(cc1OCC)Cc1cc(OCC)c(cc1OCC)C2.CCOc1cc2c(OCC)cc1Cc1cc(OCC)c(cc1OCC)Cc1cc(OCC)c(cc1OCC)Cc1cc(OCC)c(cc1OCC)Cc1cc(OCC)c(cc1OCC)C2. The lowest BCUT2D eigenvalue weighted by Crippen LogP contribution is -2.08. The van der Waals surface area contributed by atoms with Crippen LogP contribution < -0.4 is 94.7 Å². The fraction of sp³-hybridized carbons (Fsp3) is 0.524. The summed E-state index contributed by atoms with van der Waals surface area (Å²) in [7, 11) is 0. The molecule has 10 aromatic carbocycles. The van der Waals surface area contributed by atoms with Crippen molar-refractivity contribution in [3.8, 4) is 115 Å². The third-order valence-electron chi connectivity index (χ3n) is 25.6. The van der Waals surface area contributed by atoms with Crippen molar-refractivity contribution in [3.05, 3.63) is 233 Å². The molecule has 34 rings (SSSR count). The van der Waals surface area contributed by atoms with Crippen LogP contribution in [0.15, 0.2) is 121 Å². The summed E-state index contributed by atoms with van der Waals surface area (Å²) in [6.45, 7) is 58.1. The van der Waals surface area contributed by atoms with Crippen LogP contribution in [0, 0.1) is 0 Å². The van der Waals surface area contributed by atoms with Gasteiger partial charge in [0.2, 0.25) is 0 Å². The van der Waals surface area contributed by atoms with Gasteiger partial charge >= 0.3 is 0 Å². The van der Waals surface area contributed by atoms with E-state index in [1.54, 1.807) is 0 Å². The van der Waals surface area contributed by atoms with Gasteiger partial charge in [0.05, 0.1) is 132 Å². The summed E-state index contributed by atoms with van der Waals surface area (Å²) < 4.78 is 148. The predicted octanol–water partition coefficient (Wildman–Crippen LogP) is 27.1. The second-order valence-corrected chi connectivity index (χ2v) is 36.4. The lowest BCUT2D eigenvalue weighted by molar-refractivity contribution is 0.198. The van der Waals surface area contributed by atoms with Crippen molar-refractivity contribution in [2.45, 2.75) is 254 Å². The number of hydrogen-bond acceptors (Lipinski definition) is 24. The minimum absolute atomic E-state index is 0.496. The molecule has 150 heavy (non-hydrogen) atoms. The Kier molecular flexibility index (Phi) is 51.0. The fourth-order valence-electron chi connectivity index (χ4n) is 19.1. The van der Waals surface area contributed by atoms with Crippen LogP contribution in [0.1, 0.15) is 301 Å². The van der Waals surface area contributed by atoms with E-state index in [1.807, 2.05) is 138 Å². The van der Waals surface area contributed by atoms with Crippen LogP contribution in [0.25, 0.3) is 0 Å². The topological polar surface area (TPSA) is 222 Å². The first-order valence-electron chi connectivity index (χ1n) is 55.9. The Hall–Kier alpha value is -12.0. The molecule has 20 bridgehead atoms. The summed E-state index contributed by atoms with van der Waals surface area (Å²) in [5, 5.41) is 0. The Bertz CT molecular complexity index is 4270. The van der Waals surface area contributed by atoms with Crippen LogP contribution in [0.3, 0.4) is 0 Å². The molecule has 24 nitrogen and oxygen atoms in total. The van der Waals surface area contributed by atoms with Gasteiger partial charge in [0, 0.05) is 228 Å². The number of ether oxygens (including phenoxy) is 24. The van der Waals surface area contributed by atoms with E-state index in [2.05, 4.69) is 121 Å². The highest BCUT2D eigenvalue weighted by Crippen LogP contribution is 2.48. The first-order chi connectivity index (χ1) is 73.5. The van der Waals surface area contributed by atoms with Gasteiger partial charge in [0.15, 0.2) is 0 Å². The summed E-state index contributed by atoms with van der Waals surface area (Å²) >= 11 is 0. The molecule has 4 saturated heterocycles. The van der Waals surface area contributed by atoms with Crippen LogP contribution in [0.2, 0.25) is 0 Å². The fourth-order valence-corrected chi connectivity index (χ4v) is 19.1. The van der Waals surface area contributed by atoms with Crippen LogP contribution in [-0.2, 0) is 83.2 Å². The molecule has 4 aliphatic heterocycles. The normalized spacial score (nSPS) is 13.7. The second kappa shape index (κ2) is 64.7. The maximum atomic E-state index is 6.43. The summed E-state index contributed by atoms with van der Waals surface area (Å²) in [6.07, 6.45) is 15.5. The number of hydrogen-bond donors (Lipinski definition) is 0. The molecule has 820 valence electrons. The lowest BCUT2D eigenvalue weighted by Gasteiger charge is -2.21. The van der Waals surface area contributed by atoms with Gasteiger partial charge in [-0.15, -0.1) is 0 Å². The van der Waals surface area contributed by atoms with Gasteiger partial charge < -0.3 is 114 Å². The van der Waals surface area contributed by atoms with E-state index in [0.717, 1.165) is 279 Å². The second-order valence-electron chi connectivity index (χ2n) is 36.4. The van der Waals surface area contributed by atoms with Crippen LogP contribution in [0.5, 0.6) is 115 Å². The zero-order valence-corrected chi connectivity index (χ0v) is 93.9. The molecule has 4 fully saturated rings. The summed E-state index contributed by atoms with van der Waals surface area (Å²) in [4.78, 5) is 0. The van der Waals surface area contributed by atoms with E-state index < -0.39 is 0 Å². The number of benzene rings is 10. The molecule has 10 aromatic rings. The van der Waals surface area contributed by atoms with E-state index >= 15 is 0 Å². The van der Waals surface area contributed by atoms with Gasteiger partial charge in [-0.2, -0.15) is 0 Å². The van der Waals surface area contributed by atoms with Gasteiger partial charge in [-0.1, -0.05) is 0 Å². The number of rotatable bonds is 40. The smallest absolute Gasteiger partial charge is 0.123 e. The first-order valence-corrected chi connectivity index (χ1v) is 55.9. The van der Waals surface area contributed by atoms with Gasteiger partial charge in [-0.05, 0) is 311 Å². The van der Waals surface area contributed by atoms with Gasteiger partial charge in [-0.3, -0.25) is 0 Å². The van der Waals surface area contributed by atoms with E-state index in [9.17, 15) is 0 Å². The molecular weight excluding hydrogens is 1900 g/mol. The van der Waals surface area contributed by atoms with Gasteiger partial charge in [-0.25, -0.2) is 0 Å². The zero-order chi connectivity index (χ0) is 107. The first kappa shape index (κ1) is 118. The Labute approximate surface area is 895 Å². The molecule has 0 atom stereocenters. The molecule has 0 saturated carbocycles. The standard InChI is InChI=1S/2C55H70O10.4C4H8O/c2*1-11-56-46-26-37-22-39-29-51(61-16-6)41(31-50(39)60-15-5)24-43-33-55(65-20-10)45(35-54(43)64-19-9)25-44-34-52(62-17-7)42(32-53(44)63-18-8)23-40-30-48(58-13-3)38(28-49(40)59-14-4)21-36(46)27-47(37)57-12-2;4*1-2-4-5-3-1/h2*26-35H,11-25H2,1-10H3;4*1-4H2. The average molecular weight is 2070 g/mol. The van der Waals surface area contributed by atoms with E-state index in [4.69, 9.17) is 114 Å². The lowest BCUT2D eigenvalue weighted by atomic mass is 9.94. The Morgan fingerprint density at radius 2 is 0.173 bits per heavy atom. The van der Waals surface area contributed by atoms with Crippen LogP contribution in [0.4, 0.5) is 0 Å². The minimum atomic E-state index is 0.496. The maximum Gasteiger partial charge on any atom is 0.123 e. The van der Waals surface area contributed by atoms with Crippen molar-refractivity contribution < 1.29 is 114 Å². The molecule has 24 aliphatic rings. The van der Waals surface area contributed by atoms with Gasteiger partial charge in [0.1, 0.15) is 115 Å². The quantitative estimate of drug-likeness (QED) is 0.0348. The molecule has 4 heterocycles. The zero-order valence-electron chi connectivity index (χ0n) is 93.9. The molecule has 20 aliphatic carbocycles. The predicted molar refractivity (Wildman–Crippen MR) is 596 cm³/mol. The van der Waals surface area contributed by atoms with Crippen molar-refractivity contribution in [3.63, 3.8) is 0 Å². The molecule has 0 aromatic heterocycles. The van der Waals surface area contributed by atoms with E-state index in [1.165, 1.54) is 51.4 Å². The molecule has 0 N–H and O–H groups in total. The van der Waals surface area contributed by atoms with E-state index in [0.29, 0.717) is 196 Å². The monoisotopic (exact) mass is 2070 g/mol. The average Bonchev–Trinajstić information content (AvgIpc) is 1.32. The van der Waals surface area contributed by atoms with Crippen molar-refractivity contribution in [1.29, 1.82) is 0 Å². The van der Waals surface area contributed by atoms with E-state index in [-0.39, 0.29) is 0 Å². The molecule has 24 heteroatoms. The minimum Gasteiger partial charge on any atom is -0.494 e. The summed E-state index contributed by atoms with van der Waals surface area (Å²) in [5.74, 6) is 15.6. The Morgan fingerprint density at radius 3 is 0.213 bits per heavy atom. The van der Waals surface area contributed by atoms with Crippen molar-refractivity contribution >= 4 is 0 Å². The van der Waals surface area contributed by atoms with Crippen LogP contribution in [-0.4, -0.2) is 185 Å². The third-order valence-corrected chi connectivity index (χ3v) is 25.6. The third kappa shape index (κ3) is 34.5. The Morgan fingerprint density at radius 1 is 0.113 bits per heavy atom. The highest BCUT2D eigenvalue weighted by molar-refractivity contribution is 5.64. The highest BCUT2D eigenvalue weighted by Gasteiger charge is 2.30. The molecule has 0 amide bonds. The van der Waals surface area contributed by atoms with Gasteiger partial charge in [0.25, 0.3) is 0 Å². The highest BCUT2D eigenvalue weighted by atomic mass is 16.5. The molecule has 0 spiro atoms.